The Morgan fingerprint density at radius 1 is 0.667 bits per heavy atom. The summed E-state index contributed by atoms with van der Waals surface area (Å²) in [6.45, 7) is 0. The first kappa shape index (κ1) is 22.6. The van der Waals surface area contributed by atoms with Crippen molar-refractivity contribution in [3.05, 3.63) is 47.0 Å². The van der Waals surface area contributed by atoms with E-state index >= 15 is 0 Å². The standard InChI is InChI=1S/C22H24O8/c1-25-14-7-13(8-15(9-14)26-2)21(23)18(22(24)30-6)12-17-19(28-4)10-16(27-3)11-20(17)29-5/h7-12H,1-6H3/b18-12-. The number of rotatable bonds is 9. The number of hydrogen-bond acceptors (Lipinski definition) is 8. The summed E-state index contributed by atoms with van der Waals surface area (Å²) >= 11 is 0. The molecule has 0 radical (unpaired) electrons. The number of carbonyl (C=O) groups is 2. The number of ketones is 1. The molecule has 0 aromatic heterocycles. The van der Waals surface area contributed by atoms with Crippen molar-refractivity contribution >= 4 is 17.8 Å². The van der Waals surface area contributed by atoms with Gasteiger partial charge in [0.1, 0.15) is 34.3 Å². The van der Waals surface area contributed by atoms with Gasteiger partial charge in [0.25, 0.3) is 0 Å². The summed E-state index contributed by atoms with van der Waals surface area (Å²) in [5.41, 5.74) is 0.341. The van der Waals surface area contributed by atoms with E-state index in [4.69, 9.17) is 28.4 Å². The monoisotopic (exact) mass is 416 g/mol. The Kier molecular flexibility index (Phi) is 7.69. The van der Waals surface area contributed by atoms with Crippen LogP contribution in [0.2, 0.25) is 0 Å². The molecule has 0 aliphatic rings. The molecule has 0 fully saturated rings. The van der Waals surface area contributed by atoms with Gasteiger partial charge < -0.3 is 28.4 Å². The van der Waals surface area contributed by atoms with E-state index in [1.54, 1.807) is 18.2 Å². The summed E-state index contributed by atoms with van der Waals surface area (Å²) in [5.74, 6) is 0.598. The summed E-state index contributed by atoms with van der Waals surface area (Å²) < 4.78 is 31.3. The maximum atomic E-state index is 13.2. The van der Waals surface area contributed by atoms with E-state index in [9.17, 15) is 9.59 Å². The van der Waals surface area contributed by atoms with E-state index < -0.39 is 11.8 Å². The lowest BCUT2D eigenvalue weighted by Gasteiger charge is -2.14. The molecule has 0 spiro atoms. The van der Waals surface area contributed by atoms with Gasteiger partial charge in [-0.3, -0.25) is 4.79 Å². The normalized spacial score (nSPS) is 10.8. The fourth-order valence-corrected chi connectivity index (χ4v) is 2.74. The highest BCUT2D eigenvalue weighted by molar-refractivity contribution is 6.27. The van der Waals surface area contributed by atoms with Crippen LogP contribution in [0.5, 0.6) is 28.7 Å². The molecule has 0 aliphatic heterocycles. The molecular formula is C22H24O8. The second kappa shape index (κ2) is 10.2. The van der Waals surface area contributed by atoms with Crippen molar-refractivity contribution in [3.8, 4) is 28.7 Å². The van der Waals surface area contributed by atoms with E-state index in [1.165, 1.54) is 60.9 Å². The van der Waals surface area contributed by atoms with E-state index in [0.717, 1.165) is 0 Å². The van der Waals surface area contributed by atoms with E-state index in [0.29, 0.717) is 34.3 Å². The Bertz CT molecular complexity index is 914. The Morgan fingerprint density at radius 3 is 1.53 bits per heavy atom. The maximum absolute atomic E-state index is 13.2. The summed E-state index contributed by atoms with van der Waals surface area (Å²) in [6.07, 6.45) is 1.36. The minimum absolute atomic E-state index is 0.189. The lowest BCUT2D eigenvalue weighted by molar-refractivity contribution is -0.135. The van der Waals surface area contributed by atoms with Gasteiger partial charge in [0.2, 0.25) is 5.78 Å². The van der Waals surface area contributed by atoms with Gasteiger partial charge in [0.15, 0.2) is 0 Å². The molecule has 0 bridgehead atoms. The Morgan fingerprint density at radius 2 is 1.13 bits per heavy atom. The van der Waals surface area contributed by atoms with E-state index in [-0.39, 0.29) is 11.1 Å². The minimum atomic E-state index is -0.818. The van der Waals surface area contributed by atoms with Crippen LogP contribution in [0.25, 0.3) is 6.08 Å². The third-order valence-electron chi connectivity index (χ3n) is 4.31. The van der Waals surface area contributed by atoms with Gasteiger partial charge in [-0.15, -0.1) is 0 Å². The number of esters is 1. The second-order valence-corrected chi connectivity index (χ2v) is 5.93. The van der Waals surface area contributed by atoms with Gasteiger partial charge in [0.05, 0.1) is 48.2 Å². The van der Waals surface area contributed by atoms with Gasteiger partial charge in [0, 0.05) is 23.8 Å². The van der Waals surface area contributed by atoms with Gasteiger partial charge in [-0.1, -0.05) is 0 Å². The van der Waals surface area contributed by atoms with Crippen molar-refractivity contribution in [1.82, 2.24) is 0 Å². The molecule has 0 amide bonds. The number of benzene rings is 2. The van der Waals surface area contributed by atoms with Crippen molar-refractivity contribution in [2.45, 2.75) is 0 Å². The topological polar surface area (TPSA) is 89.5 Å². The van der Waals surface area contributed by atoms with Gasteiger partial charge in [-0.05, 0) is 18.2 Å². The minimum Gasteiger partial charge on any atom is -0.497 e. The SMILES string of the molecule is COC(=O)/C(=C\c1c(OC)cc(OC)cc1OC)C(=O)c1cc(OC)cc(OC)c1. The molecule has 2 aromatic carbocycles. The number of methoxy groups -OCH3 is 6. The molecule has 0 unspecified atom stereocenters. The molecule has 2 aromatic rings. The molecule has 160 valence electrons. The van der Waals surface area contributed by atoms with Gasteiger partial charge in [-0.25, -0.2) is 4.79 Å². The fraction of sp³-hybridized carbons (Fsp3) is 0.273. The number of carbonyl (C=O) groups excluding carboxylic acids is 2. The van der Waals surface area contributed by atoms with Crippen molar-refractivity contribution in [2.24, 2.45) is 0 Å². The summed E-state index contributed by atoms with van der Waals surface area (Å²) in [6, 6.07) is 7.85. The molecule has 0 saturated heterocycles. The molecule has 2 rings (SSSR count). The van der Waals surface area contributed by atoms with Gasteiger partial charge in [-0.2, -0.15) is 0 Å². The molecule has 8 nitrogen and oxygen atoms in total. The van der Waals surface area contributed by atoms with Crippen LogP contribution in [0.1, 0.15) is 15.9 Å². The Balaban J connectivity index is 2.69. The van der Waals surface area contributed by atoms with E-state index in [1.807, 2.05) is 0 Å². The predicted octanol–water partition coefficient (Wildman–Crippen LogP) is 3.17. The summed E-state index contributed by atoms with van der Waals surface area (Å²) in [4.78, 5) is 25.7. The zero-order valence-electron chi connectivity index (χ0n) is 17.7. The molecule has 0 N–H and O–H groups in total. The first-order valence-corrected chi connectivity index (χ1v) is 8.80. The first-order valence-electron chi connectivity index (χ1n) is 8.80. The number of Topliss-reactive ketones (excluding diaryl/α,β-unsaturated/α-hetero) is 1. The van der Waals surface area contributed by atoms with Crippen molar-refractivity contribution < 1.29 is 38.0 Å². The highest BCUT2D eigenvalue weighted by Crippen LogP contribution is 2.36. The lowest BCUT2D eigenvalue weighted by atomic mass is 9.99. The number of hydrogen-bond donors (Lipinski definition) is 0. The predicted molar refractivity (Wildman–Crippen MR) is 110 cm³/mol. The molecular weight excluding hydrogens is 392 g/mol. The van der Waals surface area contributed by atoms with Crippen LogP contribution in [0.3, 0.4) is 0 Å². The average Bonchev–Trinajstić information content (AvgIpc) is 2.80. The van der Waals surface area contributed by atoms with Crippen LogP contribution in [0, 0.1) is 0 Å². The average molecular weight is 416 g/mol. The van der Waals surface area contributed by atoms with Gasteiger partial charge >= 0.3 is 5.97 Å². The highest BCUT2D eigenvalue weighted by Gasteiger charge is 2.24. The molecule has 0 saturated carbocycles. The Labute approximate surface area is 174 Å². The lowest BCUT2D eigenvalue weighted by Crippen LogP contribution is -2.15. The quantitative estimate of drug-likeness (QED) is 0.202. The van der Waals surface area contributed by atoms with Crippen molar-refractivity contribution in [1.29, 1.82) is 0 Å². The molecule has 0 heterocycles. The van der Waals surface area contributed by atoms with Crippen LogP contribution >= 0.6 is 0 Å². The summed E-state index contributed by atoms with van der Waals surface area (Å²) in [7, 11) is 8.54. The van der Waals surface area contributed by atoms with E-state index in [2.05, 4.69) is 0 Å². The summed E-state index contributed by atoms with van der Waals surface area (Å²) in [5, 5.41) is 0. The van der Waals surface area contributed by atoms with Crippen LogP contribution in [0.15, 0.2) is 35.9 Å². The maximum Gasteiger partial charge on any atom is 0.341 e. The largest absolute Gasteiger partial charge is 0.497 e. The molecule has 30 heavy (non-hydrogen) atoms. The Hall–Kier alpha value is -3.68. The van der Waals surface area contributed by atoms with Crippen molar-refractivity contribution in [2.75, 3.05) is 42.7 Å². The molecule has 8 heteroatoms. The zero-order valence-corrected chi connectivity index (χ0v) is 17.7. The highest BCUT2D eigenvalue weighted by atomic mass is 16.5. The van der Waals surface area contributed by atoms with Crippen LogP contribution in [-0.2, 0) is 9.53 Å². The van der Waals surface area contributed by atoms with Crippen LogP contribution in [-0.4, -0.2) is 54.4 Å². The first-order chi connectivity index (χ1) is 14.4. The number of ether oxygens (including phenoxy) is 6. The fourth-order valence-electron chi connectivity index (χ4n) is 2.74. The molecule has 0 aliphatic carbocycles. The third-order valence-corrected chi connectivity index (χ3v) is 4.31. The third kappa shape index (κ3) is 4.83. The molecule has 0 atom stereocenters. The van der Waals surface area contributed by atoms with Crippen molar-refractivity contribution in [3.63, 3.8) is 0 Å². The van der Waals surface area contributed by atoms with Crippen LogP contribution < -0.4 is 23.7 Å². The smallest absolute Gasteiger partial charge is 0.341 e. The zero-order chi connectivity index (χ0) is 22.3. The van der Waals surface area contributed by atoms with Crippen LogP contribution in [0.4, 0.5) is 0 Å². The second-order valence-electron chi connectivity index (χ2n) is 5.93.